The van der Waals surface area contributed by atoms with Gasteiger partial charge < -0.3 is 5.11 Å². The average molecular weight is 245 g/mol. The highest BCUT2D eigenvalue weighted by molar-refractivity contribution is 5.97. The molecule has 0 radical (unpaired) electrons. The van der Waals surface area contributed by atoms with Gasteiger partial charge in [0.1, 0.15) is 6.29 Å². The minimum absolute atomic E-state index is 0.548. The first kappa shape index (κ1) is 12.4. The molecule has 4 nitrogen and oxygen atoms in total. The summed E-state index contributed by atoms with van der Waals surface area (Å²) in [6, 6.07) is 5.04. The van der Waals surface area contributed by atoms with Crippen molar-refractivity contribution in [2.24, 2.45) is 0 Å². The number of carboxylic acid groups (broad SMARTS) is 1. The van der Waals surface area contributed by atoms with Crippen LogP contribution >= 0.6 is 0 Å². The Balaban J connectivity index is 2.69. The summed E-state index contributed by atoms with van der Waals surface area (Å²) in [5.74, 6) is 0. The van der Waals surface area contributed by atoms with Crippen LogP contribution in [0.1, 0.15) is 36.7 Å². The topological polar surface area (TPSA) is 57.6 Å². The summed E-state index contributed by atoms with van der Waals surface area (Å²) >= 11 is 0. The molecule has 4 heteroatoms. The van der Waals surface area contributed by atoms with E-state index >= 15 is 0 Å². The number of benzene rings is 1. The monoisotopic (exact) mass is 245 g/mol. The molecule has 2 rings (SSSR count). The second kappa shape index (κ2) is 3.98. The number of hydrogen-bond acceptors (Lipinski definition) is 2. The Kier molecular flexibility index (Phi) is 2.73. The van der Waals surface area contributed by atoms with Gasteiger partial charge in [-0.3, -0.25) is 9.69 Å². The van der Waals surface area contributed by atoms with Crippen molar-refractivity contribution in [3.05, 3.63) is 35.4 Å². The highest BCUT2D eigenvalue weighted by atomic mass is 16.4. The highest BCUT2D eigenvalue weighted by Gasteiger charge is 2.35. The maximum absolute atomic E-state index is 11.4. The predicted molar refractivity (Wildman–Crippen MR) is 70.1 cm³/mol. The van der Waals surface area contributed by atoms with Crippen molar-refractivity contribution < 1.29 is 14.7 Å². The van der Waals surface area contributed by atoms with E-state index in [0.29, 0.717) is 11.3 Å². The van der Waals surface area contributed by atoms with Crippen LogP contribution in [-0.2, 0) is 0 Å². The number of carbonyl (C=O) groups is 2. The molecule has 0 saturated carbocycles. The Morgan fingerprint density at radius 3 is 2.61 bits per heavy atom. The minimum Gasteiger partial charge on any atom is -0.465 e. The molecule has 0 atom stereocenters. The summed E-state index contributed by atoms with van der Waals surface area (Å²) in [6.07, 6.45) is 1.67. The van der Waals surface area contributed by atoms with Gasteiger partial charge >= 0.3 is 6.09 Å². The molecule has 1 aliphatic rings. The van der Waals surface area contributed by atoms with E-state index < -0.39 is 11.6 Å². The summed E-state index contributed by atoms with van der Waals surface area (Å²) in [4.78, 5) is 23.5. The van der Waals surface area contributed by atoms with Crippen LogP contribution in [-0.4, -0.2) is 23.0 Å². The lowest BCUT2D eigenvalue weighted by Crippen LogP contribution is -2.48. The second-order valence-electron chi connectivity index (χ2n) is 4.99. The molecule has 1 heterocycles. The molecule has 0 spiro atoms. The number of amides is 1. The van der Waals surface area contributed by atoms with Crippen LogP contribution in [0.25, 0.3) is 5.57 Å². The third-order valence-electron chi connectivity index (χ3n) is 3.16. The molecule has 0 saturated heterocycles. The number of nitrogens with zero attached hydrogens (tertiary/aromatic N) is 1. The third-order valence-corrected chi connectivity index (χ3v) is 3.16. The number of hydrogen-bond donors (Lipinski definition) is 1. The van der Waals surface area contributed by atoms with E-state index in [1.807, 2.05) is 26.8 Å². The fraction of sp³-hybridized carbons (Fsp3) is 0.286. The first-order valence-corrected chi connectivity index (χ1v) is 5.69. The van der Waals surface area contributed by atoms with E-state index in [0.717, 1.165) is 17.4 Å². The van der Waals surface area contributed by atoms with Gasteiger partial charge in [0.25, 0.3) is 0 Å². The molecule has 18 heavy (non-hydrogen) atoms. The van der Waals surface area contributed by atoms with Gasteiger partial charge in [-0.05, 0) is 44.5 Å². The van der Waals surface area contributed by atoms with Crippen molar-refractivity contribution >= 4 is 23.6 Å². The number of allylic oxidation sites excluding steroid dienone is 1. The number of rotatable bonds is 1. The van der Waals surface area contributed by atoms with Crippen LogP contribution in [0.4, 0.5) is 10.5 Å². The second-order valence-corrected chi connectivity index (χ2v) is 4.99. The number of fused-ring (bicyclic) bond motifs is 1. The van der Waals surface area contributed by atoms with Crippen molar-refractivity contribution in [1.82, 2.24) is 0 Å². The molecule has 1 aromatic rings. The molecular formula is C14H15NO3. The molecule has 0 aliphatic carbocycles. The van der Waals surface area contributed by atoms with Crippen LogP contribution in [0.3, 0.4) is 0 Å². The Labute approximate surface area is 106 Å². The Bertz CT molecular complexity index is 558. The molecule has 1 aromatic carbocycles. The fourth-order valence-corrected chi connectivity index (χ4v) is 2.47. The number of aldehydes is 1. The Morgan fingerprint density at radius 2 is 2.06 bits per heavy atom. The summed E-state index contributed by atoms with van der Waals surface area (Å²) in [7, 11) is 0. The smallest absolute Gasteiger partial charge is 0.412 e. The third kappa shape index (κ3) is 1.79. The van der Waals surface area contributed by atoms with Gasteiger partial charge in [0.2, 0.25) is 0 Å². The van der Waals surface area contributed by atoms with E-state index in [2.05, 4.69) is 0 Å². The van der Waals surface area contributed by atoms with Crippen molar-refractivity contribution in [2.45, 2.75) is 26.3 Å². The lowest BCUT2D eigenvalue weighted by Gasteiger charge is -2.39. The number of carbonyl (C=O) groups excluding carboxylic acids is 1. The number of anilines is 1. The summed E-state index contributed by atoms with van der Waals surface area (Å²) in [5, 5.41) is 9.36. The van der Waals surface area contributed by atoms with Crippen molar-refractivity contribution in [2.75, 3.05) is 4.90 Å². The predicted octanol–water partition coefficient (Wildman–Crippen LogP) is 3.18. The van der Waals surface area contributed by atoms with Crippen LogP contribution in [0, 0.1) is 0 Å². The summed E-state index contributed by atoms with van der Waals surface area (Å²) in [6.45, 7) is 5.62. The van der Waals surface area contributed by atoms with Gasteiger partial charge in [-0.25, -0.2) is 4.79 Å². The molecule has 0 unspecified atom stereocenters. The first-order chi connectivity index (χ1) is 8.36. The van der Waals surface area contributed by atoms with Gasteiger partial charge in [-0.15, -0.1) is 0 Å². The molecule has 1 N–H and O–H groups in total. The summed E-state index contributed by atoms with van der Waals surface area (Å²) < 4.78 is 0. The lowest BCUT2D eigenvalue weighted by atomic mass is 9.88. The largest absolute Gasteiger partial charge is 0.465 e. The molecule has 1 amide bonds. The summed E-state index contributed by atoms with van der Waals surface area (Å²) in [5.41, 5.74) is 2.35. The lowest BCUT2D eigenvalue weighted by molar-refractivity contribution is 0.112. The van der Waals surface area contributed by atoms with E-state index in [1.165, 1.54) is 4.90 Å². The van der Waals surface area contributed by atoms with E-state index in [4.69, 9.17) is 0 Å². The molecule has 94 valence electrons. The zero-order chi connectivity index (χ0) is 13.5. The van der Waals surface area contributed by atoms with Crippen LogP contribution in [0.2, 0.25) is 0 Å². The van der Waals surface area contributed by atoms with Crippen LogP contribution in [0.15, 0.2) is 24.3 Å². The normalized spacial score (nSPS) is 16.8. The fourth-order valence-electron chi connectivity index (χ4n) is 2.47. The van der Waals surface area contributed by atoms with E-state index in [9.17, 15) is 14.7 Å². The van der Waals surface area contributed by atoms with E-state index in [-0.39, 0.29) is 0 Å². The maximum Gasteiger partial charge on any atom is 0.412 e. The van der Waals surface area contributed by atoms with Crippen LogP contribution in [0.5, 0.6) is 0 Å². The van der Waals surface area contributed by atoms with Gasteiger partial charge in [0, 0.05) is 11.1 Å². The standard InChI is InChI=1S/C14H15NO3/c1-9-7-14(2,3)15(13(17)18)12-5-4-10(8-16)6-11(9)12/h4-8H,1-3H3,(H,17,18). The van der Waals surface area contributed by atoms with Gasteiger partial charge in [0.15, 0.2) is 0 Å². The quantitative estimate of drug-likeness (QED) is 0.773. The van der Waals surface area contributed by atoms with Gasteiger partial charge in [-0.1, -0.05) is 6.08 Å². The van der Waals surface area contributed by atoms with Crippen LogP contribution < -0.4 is 4.90 Å². The molecular weight excluding hydrogens is 230 g/mol. The first-order valence-electron chi connectivity index (χ1n) is 5.69. The zero-order valence-electron chi connectivity index (χ0n) is 10.6. The van der Waals surface area contributed by atoms with Crippen molar-refractivity contribution in [1.29, 1.82) is 0 Å². The highest BCUT2D eigenvalue weighted by Crippen LogP contribution is 2.39. The van der Waals surface area contributed by atoms with Gasteiger partial charge in [-0.2, -0.15) is 0 Å². The molecule has 0 bridgehead atoms. The molecule has 0 aromatic heterocycles. The minimum atomic E-state index is -0.996. The average Bonchev–Trinajstić information content (AvgIpc) is 2.26. The zero-order valence-corrected chi connectivity index (χ0v) is 10.6. The molecule has 0 fully saturated rings. The Morgan fingerprint density at radius 1 is 1.39 bits per heavy atom. The Hall–Kier alpha value is -2.10. The SMILES string of the molecule is CC1=CC(C)(C)N(C(=O)O)c2ccc(C=O)cc21. The maximum atomic E-state index is 11.4. The van der Waals surface area contributed by atoms with Crippen molar-refractivity contribution in [3.8, 4) is 0 Å². The van der Waals surface area contributed by atoms with Crippen molar-refractivity contribution in [3.63, 3.8) is 0 Å². The molecule has 1 aliphatic heterocycles. The van der Waals surface area contributed by atoms with E-state index in [1.54, 1.807) is 18.2 Å². The van der Waals surface area contributed by atoms with Gasteiger partial charge in [0.05, 0.1) is 11.2 Å².